The summed E-state index contributed by atoms with van der Waals surface area (Å²) in [6, 6.07) is 9.54. The van der Waals surface area contributed by atoms with E-state index in [1.807, 2.05) is 26.8 Å². The number of anilines is 3. The number of hydrogen-bond donors (Lipinski definition) is 0. The molecule has 3 aliphatic rings. The number of hydrogen-bond acceptors (Lipinski definition) is 7. The van der Waals surface area contributed by atoms with Crippen LogP contribution in [0.4, 0.5) is 30.4 Å². The number of carbonyl (C=O) groups excluding carboxylic acids is 2. The van der Waals surface area contributed by atoms with Crippen LogP contribution in [-0.2, 0) is 10.2 Å². The number of aryl methyl sites for hydroxylation is 2. The Morgan fingerprint density at radius 2 is 1.73 bits per heavy atom. The maximum atomic E-state index is 14.3. The molecule has 1 aliphatic carbocycles. The molecule has 4 heterocycles. The Labute approximate surface area is 258 Å². The van der Waals surface area contributed by atoms with E-state index in [2.05, 4.69) is 9.88 Å². The molecule has 0 N–H and O–H groups in total. The van der Waals surface area contributed by atoms with E-state index in [1.165, 1.54) is 19.2 Å². The topological polar surface area (TPSA) is 78.9 Å². The number of carbonyl (C=O) groups is 2. The summed E-state index contributed by atoms with van der Waals surface area (Å²) in [6.45, 7) is 9.06. The monoisotopic (exact) mass is 627 g/mol. The Kier molecular flexibility index (Phi) is 7.10. The van der Waals surface area contributed by atoms with Gasteiger partial charge in [0.05, 0.1) is 40.3 Å². The van der Waals surface area contributed by atoms with Crippen LogP contribution in [0.5, 0.6) is 0 Å². The zero-order valence-electron chi connectivity index (χ0n) is 25.2. The number of piperazine rings is 1. The summed E-state index contributed by atoms with van der Waals surface area (Å²) in [5.41, 5.74) is 1.85. The second-order valence-corrected chi connectivity index (χ2v) is 13.1. The molecule has 232 valence electrons. The van der Waals surface area contributed by atoms with Crippen LogP contribution in [0.3, 0.4) is 0 Å². The zero-order valence-corrected chi connectivity index (χ0v) is 25.9. The maximum Gasteiger partial charge on any atom is 0.339 e. The second kappa shape index (κ2) is 10.4. The van der Waals surface area contributed by atoms with Crippen LogP contribution in [0, 0.1) is 19.7 Å². The number of ether oxygens (including phenoxy) is 1. The molecular weight excluding hydrogens is 595 g/mol. The van der Waals surface area contributed by atoms with E-state index in [9.17, 15) is 22.8 Å². The molecule has 6 rings (SSSR count). The van der Waals surface area contributed by atoms with E-state index in [1.54, 1.807) is 34.9 Å². The summed E-state index contributed by atoms with van der Waals surface area (Å²) in [7, 11) is 1.34. The highest BCUT2D eigenvalue weighted by Crippen LogP contribution is 2.59. The number of pyridine rings is 2. The fourth-order valence-electron chi connectivity index (χ4n) is 6.99. The van der Waals surface area contributed by atoms with Crippen LogP contribution >= 0.6 is 11.6 Å². The Hall–Kier alpha value is -3.86. The fourth-order valence-corrected chi connectivity index (χ4v) is 7.11. The molecule has 2 fully saturated rings. The molecule has 8 nitrogen and oxygen atoms in total. The third-order valence-corrected chi connectivity index (χ3v) is 9.31. The molecule has 0 radical (unpaired) electrons. The molecule has 1 spiro atoms. The van der Waals surface area contributed by atoms with E-state index in [0.717, 1.165) is 5.56 Å². The molecule has 44 heavy (non-hydrogen) atoms. The van der Waals surface area contributed by atoms with Gasteiger partial charge in [0.15, 0.2) is 0 Å². The number of fused-ring (bicyclic) bond motifs is 2. The number of alkyl halides is 2. The average Bonchev–Trinajstić information content (AvgIpc) is 3.26. The van der Waals surface area contributed by atoms with Crippen molar-refractivity contribution < 1.29 is 27.5 Å². The standard InChI is InChI=1S/C32H33ClF3N5O3/c1-18-12-25(37-19(2)26(18)29(43)44-5)39-10-11-41(30(3,4)16-39)28(42)23-8-9-24-27(38-23)31(14-32(35,36)15-31)17-40(24)20-6-7-21(33)22(34)13-20/h6-9,12-13H,10-11,14-17H2,1-5H3. The quantitative estimate of drug-likeness (QED) is 0.317. The Balaban J connectivity index is 1.27. The molecule has 2 aliphatic heterocycles. The van der Waals surface area contributed by atoms with Gasteiger partial charge in [-0.15, -0.1) is 0 Å². The molecule has 1 aromatic carbocycles. The van der Waals surface area contributed by atoms with Gasteiger partial charge in [0.2, 0.25) is 5.92 Å². The van der Waals surface area contributed by atoms with Crippen molar-refractivity contribution in [3.05, 3.63) is 75.4 Å². The van der Waals surface area contributed by atoms with Crippen molar-refractivity contribution in [1.82, 2.24) is 14.9 Å². The Morgan fingerprint density at radius 3 is 2.34 bits per heavy atom. The van der Waals surface area contributed by atoms with Crippen LogP contribution in [0.25, 0.3) is 0 Å². The van der Waals surface area contributed by atoms with Crippen molar-refractivity contribution in [1.29, 1.82) is 0 Å². The minimum Gasteiger partial charge on any atom is -0.465 e. The number of benzene rings is 1. The van der Waals surface area contributed by atoms with Crippen molar-refractivity contribution in [2.75, 3.05) is 43.1 Å². The lowest BCUT2D eigenvalue weighted by Crippen LogP contribution is -2.61. The third kappa shape index (κ3) is 4.95. The summed E-state index contributed by atoms with van der Waals surface area (Å²) in [4.78, 5) is 41.1. The number of aromatic nitrogens is 2. The average molecular weight is 628 g/mol. The number of nitrogens with zero attached hydrogens (tertiary/aromatic N) is 5. The van der Waals surface area contributed by atoms with E-state index < -0.39 is 41.5 Å². The van der Waals surface area contributed by atoms with Crippen molar-refractivity contribution in [2.24, 2.45) is 0 Å². The highest BCUT2D eigenvalue weighted by atomic mass is 35.5. The maximum absolute atomic E-state index is 14.3. The molecule has 1 amide bonds. The third-order valence-electron chi connectivity index (χ3n) is 9.00. The molecule has 0 bridgehead atoms. The van der Waals surface area contributed by atoms with E-state index >= 15 is 0 Å². The van der Waals surface area contributed by atoms with Gasteiger partial charge in [-0.2, -0.15) is 0 Å². The SMILES string of the molecule is COC(=O)c1c(C)cc(N2CCN(C(=O)c3ccc4c(n3)C3(CN4c4ccc(Cl)c(F)c4)CC(F)(F)C3)C(C)(C)C2)nc1C. The van der Waals surface area contributed by atoms with Gasteiger partial charge < -0.3 is 19.4 Å². The highest BCUT2D eigenvalue weighted by molar-refractivity contribution is 6.30. The van der Waals surface area contributed by atoms with Gasteiger partial charge >= 0.3 is 5.97 Å². The predicted octanol–water partition coefficient (Wildman–Crippen LogP) is 6.23. The lowest BCUT2D eigenvalue weighted by Gasteiger charge is -2.47. The van der Waals surface area contributed by atoms with Gasteiger partial charge in [-0.1, -0.05) is 11.6 Å². The number of amides is 1. The minimum absolute atomic E-state index is 0.0286. The predicted molar refractivity (Wildman–Crippen MR) is 161 cm³/mol. The first-order valence-corrected chi connectivity index (χ1v) is 14.8. The Bertz CT molecular complexity index is 1670. The first-order chi connectivity index (χ1) is 20.6. The van der Waals surface area contributed by atoms with Crippen molar-refractivity contribution in [2.45, 2.75) is 57.4 Å². The lowest BCUT2D eigenvalue weighted by molar-refractivity contribution is -0.122. The number of rotatable bonds is 4. The first kappa shape index (κ1) is 30.2. The molecule has 0 unspecified atom stereocenters. The van der Waals surface area contributed by atoms with Crippen molar-refractivity contribution in [3.63, 3.8) is 0 Å². The molecule has 1 saturated carbocycles. The molecular formula is C32H33ClF3N5O3. The first-order valence-electron chi connectivity index (χ1n) is 14.4. The zero-order chi connectivity index (χ0) is 31.8. The Morgan fingerprint density at radius 1 is 1.00 bits per heavy atom. The van der Waals surface area contributed by atoms with Gasteiger partial charge in [-0.25, -0.2) is 27.9 Å². The van der Waals surface area contributed by atoms with Crippen molar-refractivity contribution >= 4 is 40.7 Å². The molecule has 3 aromatic rings. The van der Waals surface area contributed by atoms with Gasteiger partial charge in [0.1, 0.15) is 17.3 Å². The smallest absolute Gasteiger partial charge is 0.339 e. The van der Waals surface area contributed by atoms with Crippen molar-refractivity contribution in [3.8, 4) is 0 Å². The van der Waals surface area contributed by atoms with Crippen LogP contribution in [0.15, 0.2) is 36.4 Å². The van der Waals surface area contributed by atoms with Crippen LogP contribution in [0.2, 0.25) is 5.02 Å². The van der Waals surface area contributed by atoms with Gasteiger partial charge in [-0.05, 0) is 69.7 Å². The molecule has 0 atom stereocenters. The largest absolute Gasteiger partial charge is 0.465 e. The summed E-state index contributed by atoms with van der Waals surface area (Å²) < 4.78 is 47.8. The van der Waals surface area contributed by atoms with Crippen LogP contribution < -0.4 is 9.80 Å². The van der Waals surface area contributed by atoms with E-state index in [0.29, 0.717) is 53.8 Å². The van der Waals surface area contributed by atoms with Crippen LogP contribution in [-0.4, -0.2) is 71.5 Å². The van der Waals surface area contributed by atoms with Gasteiger partial charge in [-0.3, -0.25) is 4.79 Å². The highest BCUT2D eigenvalue weighted by Gasteiger charge is 2.62. The fraction of sp³-hybridized carbons (Fsp3) is 0.438. The number of methoxy groups -OCH3 is 1. The van der Waals surface area contributed by atoms with Crippen LogP contribution in [0.1, 0.15) is 64.5 Å². The lowest BCUT2D eigenvalue weighted by atomic mass is 9.65. The summed E-state index contributed by atoms with van der Waals surface area (Å²) in [5.74, 6) is -3.47. The normalized spacial score (nSPS) is 19.5. The summed E-state index contributed by atoms with van der Waals surface area (Å²) in [5, 5.41) is -0.0286. The number of esters is 1. The van der Waals surface area contributed by atoms with E-state index in [-0.39, 0.29) is 23.2 Å². The summed E-state index contributed by atoms with van der Waals surface area (Å²) in [6.07, 6.45) is -0.788. The van der Waals surface area contributed by atoms with E-state index in [4.69, 9.17) is 21.3 Å². The summed E-state index contributed by atoms with van der Waals surface area (Å²) >= 11 is 5.88. The molecule has 1 saturated heterocycles. The molecule has 2 aromatic heterocycles. The number of halogens is 4. The van der Waals surface area contributed by atoms with Gasteiger partial charge in [0, 0.05) is 50.1 Å². The minimum atomic E-state index is -2.83. The molecule has 12 heteroatoms. The van der Waals surface area contributed by atoms with Gasteiger partial charge in [0.25, 0.3) is 5.91 Å². The second-order valence-electron chi connectivity index (χ2n) is 12.7.